The minimum atomic E-state index is 0.587. The molecule has 0 aliphatic rings. The highest BCUT2D eigenvalue weighted by Crippen LogP contribution is 2.17. The van der Waals surface area contributed by atoms with E-state index in [1.807, 2.05) is 21.4 Å². The zero-order valence-corrected chi connectivity index (χ0v) is 16.9. The maximum atomic E-state index is 5.71. The van der Waals surface area contributed by atoms with E-state index in [9.17, 15) is 0 Å². The van der Waals surface area contributed by atoms with Crippen LogP contribution in [0.4, 0.5) is 0 Å². The van der Waals surface area contributed by atoms with Gasteiger partial charge < -0.3 is 9.64 Å². The van der Waals surface area contributed by atoms with Crippen LogP contribution in [0.25, 0.3) is 11.4 Å². The number of pyridine rings is 1. The number of hydrogen-bond acceptors (Lipinski definition) is 4. The lowest BCUT2D eigenvalue weighted by molar-refractivity contribution is -0.917. The van der Waals surface area contributed by atoms with Crippen LogP contribution in [0.1, 0.15) is 11.1 Å². The van der Waals surface area contributed by atoms with Crippen molar-refractivity contribution in [3.63, 3.8) is 0 Å². The van der Waals surface area contributed by atoms with Crippen molar-refractivity contribution in [1.29, 1.82) is 0 Å². The molecule has 0 saturated heterocycles. The number of ether oxygens (including phenoxy) is 1. The van der Waals surface area contributed by atoms with Crippen molar-refractivity contribution in [3.8, 4) is 11.4 Å². The van der Waals surface area contributed by atoms with Crippen LogP contribution in [0.15, 0.2) is 48.8 Å². The highest BCUT2D eigenvalue weighted by Gasteiger charge is 2.15. The van der Waals surface area contributed by atoms with Gasteiger partial charge in [-0.3, -0.25) is 9.55 Å². The first-order valence-corrected chi connectivity index (χ1v) is 9.43. The number of methoxy groups -OCH3 is 1. The Morgan fingerprint density at radius 2 is 1.89 bits per heavy atom. The second-order valence-corrected chi connectivity index (χ2v) is 7.07. The number of hydrogen-bond donors (Lipinski definition) is 1. The van der Waals surface area contributed by atoms with E-state index in [-0.39, 0.29) is 0 Å². The number of rotatable bonds is 8. The Kier molecular flexibility index (Phi) is 6.49. The summed E-state index contributed by atoms with van der Waals surface area (Å²) in [6.45, 7) is 5.03. The Morgan fingerprint density at radius 1 is 1.15 bits per heavy atom. The van der Waals surface area contributed by atoms with Crippen LogP contribution in [-0.4, -0.2) is 40.1 Å². The van der Waals surface area contributed by atoms with Crippen molar-refractivity contribution >= 4 is 12.2 Å². The van der Waals surface area contributed by atoms with Gasteiger partial charge in [-0.25, -0.2) is 0 Å². The zero-order valence-electron chi connectivity index (χ0n) is 16.1. The van der Waals surface area contributed by atoms with Gasteiger partial charge >= 0.3 is 0 Å². The van der Waals surface area contributed by atoms with Crippen molar-refractivity contribution in [3.05, 3.63) is 64.7 Å². The summed E-state index contributed by atoms with van der Waals surface area (Å²) < 4.78 is 9.91. The number of benzene rings is 1. The van der Waals surface area contributed by atoms with Gasteiger partial charge in [-0.15, -0.1) is 5.10 Å². The van der Waals surface area contributed by atoms with Crippen molar-refractivity contribution < 1.29 is 9.64 Å². The SMILES string of the molecule is COCCn1c(-c2ccncc2)nn(C[NH+](C)Cc2ccccc2C)c1=S. The summed E-state index contributed by atoms with van der Waals surface area (Å²) in [7, 11) is 3.86. The lowest BCUT2D eigenvalue weighted by Crippen LogP contribution is -3.07. The molecule has 0 aliphatic heterocycles. The van der Waals surface area contributed by atoms with E-state index >= 15 is 0 Å². The first-order valence-electron chi connectivity index (χ1n) is 9.03. The first kappa shape index (κ1) is 19.4. The van der Waals surface area contributed by atoms with Crippen LogP contribution in [0.2, 0.25) is 0 Å². The lowest BCUT2D eigenvalue weighted by atomic mass is 10.1. The van der Waals surface area contributed by atoms with Crippen molar-refractivity contribution in [2.24, 2.45) is 0 Å². The average Bonchev–Trinajstić information content (AvgIpc) is 2.98. The fourth-order valence-electron chi connectivity index (χ4n) is 3.09. The molecule has 0 fully saturated rings. The molecule has 2 heterocycles. The Labute approximate surface area is 165 Å². The summed E-state index contributed by atoms with van der Waals surface area (Å²) in [6.07, 6.45) is 3.54. The predicted octanol–water partition coefficient (Wildman–Crippen LogP) is 2.10. The molecule has 142 valence electrons. The molecule has 0 amide bonds. The molecule has 27 heavy (non-hydrogen) atoms. The van der Waals surface area contributed by atoms with Crippen LogP contribution in [0, 0.1) is 11.7 Å². The number of nitrogens with zero attached hydrogens (tertiary/aromatic N) is 4. The molecule has 1 unspecified atom stereocenters. The minimum absolute atomic E-state index is 0.587. The number of quaternary nitrogens is 1. The van der Waals surface area contributed by atoms with E-state index in [0.29, 0.717) is 24.6 Å². The fraction of sp³-hybridized carbons (Fsp3) is 0.350. The van der Waals surface area contributed by atoms with E-state index in [1.165, 1.54) is 16.0 Å². The van der Waals surface area contributed by atoms with E-state index in [0.717, 1.165) is 17.9 Å². The monoisotopic (exact) mass is 384 g/mol. The molecule has 0 aliphatic carbocycles. The molecule has 1 N–H and O–H groups in total. The first-order chi connectivity index (χ1) is 13.1. The Balaban J connectivity index is 1.86. The predicted molar refractivity (Wildman–Crippen MR) is 108 cm³/mol. The number of aromatic nitrogens is 4. The topological polar surface area (TPSA) is 49.3 Å². The second-order valence-electron chi connectivity index (χ2n) is 6.70. The molecule has 1 aromatic carbocycles. The van der Waals surface area contributed by atoms with Gasteiger partial charge in [-0.2, -0.15) is 4.68 Å². The summed E-state index contributed by atoms with van der Waals surface area (Å²) in [5.74, 6) is 0.850. The quantitative estimate of drug-likeness (QED) is 0.605. The summed E-state index contributed by atoms with van der Waals surface area (Å²) in [6, 6.07) is 12.4. The van der Waals surface area contributed by atoms with Gasteiger partial charge in [0.2, 0.25) is 4.77 Å². The molecule has 1 atom stereocenters. The normalized spacial score (nSPS) is 12.3. The molecular weight excluding hydrogens is 358 g/mol. The molecule has 3 aromatic rings. The largest absolute Gasteiger partial charge is 0.383 e. The van der Waals surface area contributed by atoms with Crippen LogP contribution >= 0.6 is 12.2 Å². The van der Waals surface area contributed by atoms with Gasteiger partial charge in [-0.05, 0) is 36.8 Å². The zero-order chi connectivity index (χ0) is 19.2. The average molecular weight is 385 g/mol. The van der Waals surface area contributed by atoms with Crippen molar-refractivity contribution in [2.75, 3.05) is 20.8 Å². The molecule has 7 heteroatoms. The molecule has 0 bridgehead atoms. The van der Waals surface area contributed by atoms with E-state index in [2.05, 4.69) is 43.2 Å². The minimum Gasteiger partial charge on any atom is -0.383 e. The summed E-state index contributed by atoms with van der Waals surface area (Å²) in [5.41, 5.74) is 3.65. The third kappa shape index (κ3) is 4.68. The molecule has 0 spiro atoms. The van der Waals surface area contributed by atoms with Crippen molar-refractivity contribution in [1.82, 2.24) is 19.3 Å². The van der Waals surface area contributed by atoms with E-state index < -0.39 is 0 Å². The van der Waals surface area contributed by atoms with Crippen LogP contribution in [0.5, 0.6) is 0 Å². The highest BCUT2D eigenvalue weighted by atomic mass is 32.1. The Morgan fingerprint density at radius 3 is 2.59 bits per heavy atom. The third-order valence-corrected chi connectivity index (χ3v) is 4.98. The summed E-state index contributed by atoms with van der Waals surface area (Å²) >= 11 is 5.71. The van der Waals surface area contributed by atoms with E-state index in [4.69, 9.17) is 22.1 Å². The van der Waals surface area contributed by atoms with Crippen LogP contribution in [-0.2, 0) is 24.5 Å². The molecule has 2 aromatic heterocycles. The Bertz CT molecular complexity index is 935. The lowest BCUT2D eigenvalue weighted by Gasteiger charge is -2.15. The maximum Gasteiger partial charge on any atom is 0.203 e. The van der Waals surface area contributed by atoms with Gasteiger partial charge in [-0.1, -0.05) is 24.3 Å². The Hall–Kier alpha value is -2.35. The molecular formula is C20H26N5OS+. The highest BCUT2D eigenvalue weighted by molar-refractivity contribution is 7.71. The molecule has 0 saturated carbocycles. The molecule has 3 rings (SSSR count). The standard InChI is InChI=1S/C20H25N5OS/c1-16-6-4-5-7-18(16)14-23(2)15-25-20(27)24(12-13-26-3)19(22-25)17-8-10-21-11-9-17/h4-11H,12-15H2,1-3H3/p+1. The fourth-order valence-corrected chi connectivity index (χ4v) is 3.37. The number of aryl methyl sites for hydroxylation is 1. The number of nitrogens with one attached hydrogen (secondary N) is 1. The second kappa shape index (κ2) is 9.03. The van der Waals surface area contributed by atoms with Crippen LogP contribution < -0.4 is 4.90 Å². The summed E-state index contributed by atoms with van der Waals surface area (Å²) in [5, 5.41) is 4.81. The van der Waals surface area contributed by atoms with E-state index in [1.54, 1.807) is 19.5 Å². The smallest absolute Gasteiger partial charge is 0.203 e. The van der Waals surface area contributed by atoms with Gasteiger partial charge in [0, 0.05) is 30.6 Å². The van der Waals surface area contributed by atoms with Gasteiger partial charge in [0.05, 0.1) is 20.2 Å². The molecule has 6 nitrogen and oxygen atoms in total. The molecule has 0 radical (unpaired) electrons. The third-order valence-electron chi connectivity index (χ3n) is 4.55. The van der Waals surface area contributed by atoms with Crippen molar-refractivity contribution in [2.45, 2.75) is 26.7 Å². The maximum absolute atomic E-state index is 5.71. The summed E-state index contributed by atoms with van der Waals surface area (Å²) in [4.78, 5) is 5.41. The van der Waals surface area contributed by atoms with Gasteiger partial charge in [0.25, 0.3) is 0 Å². The van der Waals surface area contributed by atoms with Gasteiger partial charge in [0.1, 0.15) is 6.54 Å². The van der Waals surface area contributed by atoms with Gasteiger partial charge in [0.15, 0.2) is 12.5 Å². The van der Waals surface area contributed by atoms with Crippen LogP contribution in [0.3, 0.4) is 0 Å².